The van der Waals surface area contributed by atoms with Gasteiger partial charge in [-0.2, -0.15) is 0 Å². The van der Waals surface area contributed by atoms with Crippen molar-refractivity contribution >= 4 is 38.9 Å². The van der Waals surface area contributed by atoms with E-state index >= 15 is 0 Å². The Labute approximate surface area is 145 Å². The van der Waals surface area contributed by atoms with Gasteiger partial charge in [-0.1, -0.05) is 22.0 Å². The van der Waals surface area contributed by atoms with E-state index in [2.05, 4.69) is 31.2 Å². The van der Waals surface area contributed by atoms with Gasteiger partial charge < -0.3 is 10.1 Å². The van der Waals surface area contributed by atoms with E-state index in [9.17, 15) is 4.79 Å². The summed E-state index contributed by atoms with van der Waals surface area (Å²) in [5.74, 6) is 0.879. The van der Waals surface area contributed by atoms with E-state index in [-0.39, 0.29) is 5.91 Å². The molecule has 3 rings (SSSR count). The first-order chi connectivity index (χ1) is 11.1. The van der Waals surface area contributed by atoms with Crippen LogP contribution in [0.3, 0.4) is 0 Å². The molecule has 0 fully saturated rings. The molecule has 0 spiro atoms. The number of nitrogens with zero attached hydrogens (tertiary/aromatic N) is 2. The molecule has 0 radical (unpaired) electrons. The molecular weight excluding hydrogens is 378 g/mol. The summed E-state index contributed by atoms with van der Waals surface area (Å²) in [6.07, 6.45) is 1.55. The van der Waals surface area contributed by atoms with E-state index in [4.69, 9.17) is 4.74 Å². The molecule has 1 amide bonds. The number of carbonyl (C=O) groups excluding carboxylic acids is 1. The number of benzene rings is 1. The summed E-state index contributed by atoms with van der Waals surface area (Å²) >= 11 is 4.82. The lowest BCUT2D eigenvalue weighted by molar-refractivity contribution is 0.102. The van der Waals surface area contributed by atoms with Crippen LogP contribution in [0.1, 0.15) is 15.5 Å². The average Bonchev–Trinajstić information content (AvgIpc) is 2.96. The fraction of sp³-hybridized carbons (Fsp3) is 0.0625. The number of carbonyl (C=O) groups is 1. The van der Waals surface area contributed by atoms with E-state index in [1.807, 2.05) is 31.2 Å². The van der Waals surface area contributed by atoms with E-state index in [0.717, 1.165) is 9.48 Å². The predicted octanol–water partition coefficient (Wildman–Crippen LogP) is 4.65. The van der Waals surface area contributed by atoms with Gasteiger partial charge in [-0.05, 0) is 31.2 Å². The van der Waals surface area contributed by atoms with Gasteiger partial charge in [0.1, 0.15) is 11.4 Å². The van der Waals surface area contributed by atoms with Crippen molar-refractivity contribution < 1.29 is 9.53 Å². The Hall–Kier alpha value is -2.25. The first kappa shape index (κ1) is 15.6. The fourth-order valence-corrected chi connectivity index (χ4v) is 2.80. The largest absolute Gasteiger partial charge is 0.439 e. The molecule has 0 aliphatic heterocycles. The zero-order valence-electron chi connectivity index (χ0n) is 12.1. The number of halogens is 1. The predicted molar refractivity (Wildman–Crippen MR) is 93.3 cm³/mol. The number of aromatic nitrogens is 2. The zero-order chi connectivity index (χ0) is 16.2. The molecule has 5 nitrogen and oxygen atoms in total. The Morgan fingerprint density at radius 3 is 2.83 bits per heavy atom. The van der Waals surface area contributed by atoms with Crippen molar-refractivity contribution in [2.75, 3.05) is 5.32 Å². The van der Waals surface area contributed by atoms with Crippen LogP contribution in [0.4, 0.5) is 5.69 Å². The normalized spacial score (nSPS) is 10.3. The first-order valence-electron chi connectivity index (χ1n) is 6.73. The molecule has 0 unspecified atom stereocenters. The summed E-state index contributed by atoms with van der Waals surface area (Å²) in [4.78, 5) is 20.3. The Balaban J connectivity index is 1.66. The highest BCUT2D eigenvalue weighted by molar-refractivity contribution is 9.10. The van der Waals surface area contributed by atoms with Crippen LogP contribution < -0.4 is 10.1 Å². The summed E-state index contributed by atoms with van der Waals surface area (Å²) in [6.45, 7) is 1.86. The molecular formula is C16H12BrN3O2S. The van der Waals surface area contributed by atoms with Crippen molar-refractivity contribution in [1.29, 1.82) is 0 Å². The van der Waals surface area contributed by atoms with Crippen LogP contribution in [-0.2, 0) is 0 Å². The Morgan fingerprint density at radius 1 is 1.30 bits per heavy atom. The van der Waals surface area contributed by atoms with Crippen molar-refractivity contribution in [3.63, 3.8) is 0 Å². The van der Waals surface area contributed by atoms with E-state index in [0.29, 0.717) is 23.0 Å². The lowest BCUT2D eigenvalue weighted by atomic mass is 10.3. The smallest absolute Gasteiger partial charge is 0.275 e. The average molecular weight is 390 g/mol. The summed E-state index contributed by atoms with van der Waals surface area (Å²) in [6, 6.07) is 10.9. The molecule has 0 aliphatic carbocycles. The highest BCUT2D eigenvalue weighted by atomic mass is 79.9. The monoisotopic (exact) mass is 389 g/mol. The molecule has 2 aromatic heterocycles. The van der Waals surface area contributed by atoms with E-state index in [1.165, 1.54) is 11.3 Å². The number of anilines is 1. The minimum atomic E-state index is -0.253. The third-order valence-electron chi connectivity index (χ3n) is 2.86. The Kier molecular flexibility index (Phi) is 4.68. The molecule has 0 atom stereocenters. The lowest BCUT2D eigenvalue weighted by Crippen LogP contribution is -2.12. The fourth-order valence-electron chi connectivity index (χ4n) is 1.83. The second-order valence-corrected chi connectivity index (χ2v) is 6.63. The number of ether oxygens (including phenoxy) is 1. The number of rotatable bonds is 4. The number of hydrogen-bond donors (Lipinski definition) is 1. The molecule has 7 heteroatoms. The number of amides is 1. The topological polar surface area (TPSA) is 64.1 Å². The Morgan fingerprint density at radius 2 is 2.17 bits per heavy atom. The zero-order valence-corrected chi connectivity index (χ0v) is 14.5. The van der Waals surface area contributed by atoms with Gasteiger partial charge in [-0.15, -0.1) is 11.3 Å². The molecule has 0 bridgehead atoms. The summed E-state index contributed by atoms with van der Waals surface area (Å²) in [5, 5.41) is 5.33. The number of thiazole rings is 1. The van der Waals surface area contributed by atoms with Crippen LogP contribution in [0.25, 0.3) is 0 Å². The number of pyridine rings is 1. The van der Waals surface area contributed by atoms with Crippen molar-refractivity contribution in [1.82, 2.24) is 9.97 Å². The van der Waals surface area contributed by atoms with Crippen LogP contribution in [-0.4, -0.2) is 15.9 Å². The standard InChI is InChI=1S/C16H12BrN3O2S/c1-10-19-14(9-23-10)16(21)20-12-5-6-15(18-8-12)22-13-4-2-3-11(17)7-13/h2-9H,1H3,(H,20,21). The van der Waals surface area contributed by atoms with Crippen molar-refractivity contribution in [2.24, 2.45) is 0 Å². The van der Waals surface area contributed by atoms with Gasteiger partial charge >= 0.3 is 0 Å². The minimum absolute atomic E-state index is 0.253. The summed E-state index contributed by atoms with van der Waals surface area (Å²) in [7, 11) is 0. The highest BCUT2D eigenvalue weighted by Gasteiger charge is 2.10. The van der Waals surface area contributed by atoms with Crippen molar-refractivity contribution in [2.45, 2.75) is 6.92 Å². The van der Waals surface area contributed by atoms with Crippen molar-refractivity contribution in [3.05, 3.63) is 63.1 Å². The van der Waals surface area contributed by atoms with Gasteiger partial charge in [0, 0.05) is 15.9 Å². The molecule has 2 heterocycles. The second-order valence-electron chi connectivity index (χ2n) is 4.65. The van der Waals surface area contributed by atoms with Gasteiger partial charge in [0.2, 0.25) is 5.88 Å². The molecule has 1 aromatic carbocycles. The van der Waals surface area contributed by atoms with Gasteiger partial charge in [0.15, 0.2) is 0 Å². The molecule has 116 valence electrons. The third-order valence-corrected chi connectivity index (χ3v) is 4.13. The van der Waals surface area contributed by atoms with Crippen LogP contribution in [0.5, 0.6) is 11.6 Å². The second kappa shape index (κ2) is 6.89. The van der Waals surface area contributed by atoms with Crippen LogP contribution in [0.2, 0.25) is 0 Å². The number of aryl methyl sites for hydroxylation is 1. The van der Waals surface area contributed by atoms with Gasteiger partial charge in [-0.3, -0.25) is 4.79 Å². The molecule has 23 heavy (non-hydrogen) atoms. The summed E-state index contributed by atoms with van der Waals surface area (Å²) < 4.78 is 6.57. The quantitative estimate of drug-likeness (QED) is 0.704. The maximum Gasteiger partial charge on any atom is 0.275 e. The van der Waals surface area contributed by atoms with E-state index < -0.39 is 0 Å². The van der Waals surface area contributed by atoms with Gasteiger partial charge in [0.05, 0.1) is 16.9 Å². The maximum absolute atomic E-state index is 12.0. The van der Waals surface area contributed by atoms with Gasteiger partial charge in [-0.25, -0.2) is 9.97 Å². The van der Waals surface area contributed by atoms with Crippen LogP contribution in [0.15, 0.2) is 52.4 Å². The number of nitrogens with one attached hydrogen (secondary N) is 1. The first-order valence-corrected chi connectivity index (χ1v) is 8.40. The van der Waals surface area contributed by atoms with Crippen LogP contribution in [0, 0.1) is 6.92 Å². The number of hydrogen-bond acceptors (Lipinski definition) is 5. The van der Waals surface area contributed by atoms with Gasteiger partial charge in [0.25, 0.3) is 5.91 Å². The van der Waals surface area contributed by atoms with E-state index in [1.54, 1.807) is 23.7 Å². The molecule has 1 N–H and O–H groups in total. The Bertz CT molecular complexity index is 833. The maximum atomic E-state index is 12.0. The van der Waals surface area contributed by atoms with Crippen molar-refractivity contribution in [3.8, 4) is 11.6 Å². The highest BCUT2D eigenvalue weighted by Crippen LogP contribution is 2.23. The molecule has 0 aliphatic rings. The minimum Gasteiger partial charge on any atom is -0.439 e. The molecule has 3 aromatic rings. The summed E-state index contributed by atoms with van der Waals surface area (Å²) in [5.41, 5.74) is 0.990. The lowest BCUT2D eigenvalue weighted by Gasteiger charge is -2.06. The molecule has 0 saturated carbocycles. The SMILES string of the molecule is Cc1nc(C(=O)Nc2ccc(Oc3cccc(Br)c3)nc2)cs1. The molecule has 0 saturated heterocycles. The third kappa shape index (κ3) is 4.14. The van der Waals surface area contributed by atoms with Crippen LogP contribution >= 0.6 is 27.3 Å².